The SMILES string of the molecule is C=C1c2sc(-c3ccc(N4CCC(F)C4)nc3)nc2CCN1/C(C=NC)=C/N. The number of hydrogen-bond acceptors (Lipinski definition) is 7. The topological polar surface area (TPSA) is 70.6 Å². The Hall–Kier alpha value is -2.74. The highest BCUT2D eigenvalue weighted by Gasteiger charge is 2.26. The second-order valence-corrected chi connectivity index (χ2v) is 7.86. The van der Waals surface area contributed by atoms with Crippen molar-refractivity contribution in [2.24, 2.45) is 10.7 Å². The largest absolute Gasteiger partial charge is 0.403 e. The predicted molar refractivity (Wildman–Crippen MR) is 113 cm³/mol. The zero-order chi connectivity index (χ0) is 19.7. The van der Waals surface area contributed by atoms with Crippen LogP contribution in [0.2, 0.25) is 0 Å². The fraction of sp³-hybridized carbons (Fsp3) is 0.350. The Bertz CT molecular complexity index is 933. The minimum absolute atomic E-state index is 0.422. The highest BCUT2D eigenvalue weighted by Crippen LogP contribution is 2.38. The van der Waals surface area contributed by atoms with E-state index in [0.717, 1.165) is 51.3 Å². The normalized spacial score (nSPS) is 20.3. The number of allylic oxidation sites excluding steroid dienone is 1. The molecule has 2 aliphatic heterocycles. The van der Waals surface area contributed by atoms with E-state index in [1.54, 1.807) is 30.8 Å². The Balaban J connectivity index is 1.57. The molecule has 1 fully saturated rings. The third-order valence-electron chi connectivity index (χ3n) is 5.05. The monoisotopic (exact) mass is 398 g/mol. The first-order valence-corrected chi connectivity index (χ1v) is 10.1. The number of nitrogens with zero attached hydrogens (tertiary/aromatic N) is 5. The smallest absolute Gasteiger partial charge is 0.128 e. The van der Waals surface area contributed by atoms with Gasteiger partial charge in [0.1, 0.15) is 17.0 Å². The van der Waals surface area contributed by atoms with Crippen molar-refractivity contribution in [3.63, 3.8) is 0 Å². The average molecular weight is 399 g/mol. The first-order chi connectivity index (χ1) is 13.6. The van der Waals surface area contributed by atoms with Crippen LogP contribution in [0.3, 0.4) is 0 Å². The molecule has 2 aromatic heterocycles. The van der Waals surface area contributed by atoms with Crippen LogP contribution in [-0.4, -0.2) is 53.9 Å². The molecule has 6 nitrogen and oxygen atoms in total. The van der Waals surface area contributed by atoms with E-state index in [0.29, 0.717) is 19.5 Å². The maximum atomic E-state index is 13.4. The third-order valence-corrected chi connectivity index (χ3v) is 6.25. The molecule has 0 radical (unpaired) electrons. The summed E-state index contributed by atoms with van der Waals surface area (Å²) in [5.41, 5.74) is 9.49. The number of hydrogen-bond donors (Lipinski definition) is 1. The zero-order valence-corrected chi connectivity index (χ0v) is 16.6. The molecule has 2 aliphatic rings. The van der Waals surface area contributed by atoms with E-state index >= 15 is 0 Å². The van der Waals surface area contributed by atoms with Gasteiger partial charge in [0.05, 0.1) is 28.5 Å². The second-order valence-electron chi connectivity index (χ2n) is 6.86. The molecule has 4 heterocycles. The van der Waals surface area contributed by atoms with E-state index in [2.05, 4.69) is 21.5 Å². The van der Waals surface area contributed by atoms with E-state index in [1.165, 1.54) is 0 Å². The molecule has 2 aromatic rings. The Morgan fingerprint density at radius 2 is 2.29 bits per heavy atom. The lowest BCUT2D eigenvalue weighted by Gasteiger charge is -2.30. The maximum Gasteiger partial charge on any atom is 0.128 e. The van der Waals surface area contributed by atoms with Gasteiger partial charge in [-0.05, 0) is 18.6 Å². The third kappa shape index (κ3) is 3.40. The average Bonchev–Trinajstić information content (AvgIpc) is 3.34. The van der Waals surface area contributed by atoms with Gasteiger partial charge in [0.15, 0.2) is 0 Å². The van der Waals surface area contributed by atoms with Crippen LogP contribution < -0.4 is 10.6 Å². The van der Waals surface area contributed by atoms with Gasteiger partial charge >= 0.3 is 0 Å². The molecule has 1 atom stereocenters. The number of fused-ring (bicyclic) bond motifs is 1. The Kier molecular flexibility index (Phi) is 5.13. The number of nitrogens with two attached hydrogens (primary N) is 1. The van der Waals surface area contributed by atoms with Gasteiger partial charge in [-0.25, -0.2) is 14.4 Å². The van der Waals surface area contributed by atoms with Gasteiger partial charge in [-0.1, -0.05) is 6.58 Å². The molecule has 146 valence electrons. The van der Waals surface area contributed by atoms with Gasteiger partial charge in [0.2, 0.25) is 0 Å². The van der Waals surface area contributed by atoms with E-state index in [4.69, 9.17) is 10.7 Å². The van der Waals surface area contributed by atoms with Crippen LogP contribution in [0.15, 0.2) is 41.8 Å². The Labute approximate surface area is 167 Å². The van der Waals surface area contributed by atoms with Crippen LogP contribution >= 0.6 is 11.3 Å². The standard InChI is InChI=1S/C20H23FN6S/c1-13-19-17(6-8-27(13)16(9-22)11-23-2)25-20(28-19)14-3-4-18(24-10-14)26-7-5-15(21)12-26/h3-4,9-11,15H,1,5-8,12,22H2,2H3/b16-9+,23-11?. The maximum absolute atomic E-state index is 13.4. The van der Waals surface area contributed by atoms with Crippen molar-refractivity contribution in [1.82, 2.24) is 14.9 Å². The summed E-state index contributed by atoms with van der Waals surface area (Å²) in [6.45, 7) is 6.15. The summed E-state index contributed by atoms with van der Waals surface area (Å²) in [7, 11) is 1.72. The van der Waals surface area contributed by atoms with Crippen LogP contribution in [0.25, 0.3) is 16.3 Å². The van der Waals surface area contributed by atoms with Gasteiger partial charge in [0.25, 0.3) is 0 Å². The number of aliphatic imine (C=N–C) groups is 1. The number of rotatable bonds is 4. The number of aromatic nitrogens is 2. The summed E-state index contributed by atoms with van der Waals surface area (Å²) in [5, 5.41) is 0.916. The van der Waals surface area contributed by atoms with Crippen LogP contribution in [0.5, 0.6) is 0 Å². The summed E-state index contributed by atoms with van der Waals surface area (Å²) >= 11 is 1.61. The summed E-state index contributed by atoms with van der Waals surface area (Å²) < 4.78 is 13.4. The predicted octanol–water partition coefficient (Wildman–Crippen LogP) is 3.08. The number of pyridine rings is 1. The highest BCUT2D eigenvalue weighted by atomic mass is 32.1. The lowest BCUT2D eigenvalue weighted by molar-refractivity contribution is 0.364. The molecule has 4 rings (SSSR count). The van der Waals surface area contributed by atoms with Crippen LogP contribution in [0.4, 0.5) is 10.2 Å². The van der Waals surface area contributed by atoms with Gasteiger partial charge in [0, 0.05) is 50.7 Å². The van der Waals surface area contributed by atoms with E-state index in [9.17, 15) is 4.39 Å². The molecule has 8 heteroatoms. The fourth-order valence-electron chi connectivity index (χ4n) is 3.59. The van der Waals surface area contributed by atoms with Crippen molar-refractivity contribution in [3.8, 4) is 10.6 Å². The summed E-state index contributed by atoms with van der Waals surface area (Å²) in [6, 6.07) is 3.95. The van der Waals surface area contributed by atoms with Crippen molar-refractivity contribution in [2.75, 3.05) is 31.6 Å². The Morgan fingerprint density at radius 3 is 2.93 bits per heavy atom. The second kappa shape index (κ2) is 7.71. The first-order valence-electron chi connectivity index (χ1n) is 9.26. The van der Waals surface area contributed by atoms with Crippen molar-refractivity contribution in [1.29, 1.82) is 0 Å². The number of alkyl halides is 1. The molecule has 1 unspecified atom stereocenters. The molecule has 1 saturated heterocycles. The van der Waals surface area contributed by atoms with Crippen LogP contribution in [0, 0.1) is 0 Å². The van der Waals surface area contributed by atoms with E-state index in [1.807, 2.05) is 23.2 Å². The molecule has 0 amide bonds. The summed E-state index contributed by atoms with van der Waals surface area (Å²) in [6.07, 6.45) is 5.74. The number of halogens is 1. The quantitative estimate of drug-likeness (QED) is 0.802. The van der Waals surface area contributed by atoms with Crippen LogP contribution in [-0.2, 0) is 6.42 Å². The van der Waals surface area contributed by atoms with E-state index < -0.39 is 6.17 Å². The fourth-order valence-corrected chi connectivity index (χ4v) is 4.67. The van der Waals surface area contributed by atoms with Crippen molar-refractivity contribution >= 4 is 29.1 Å². The molecular weight excluding hydrogens is 375 g/mol. The zero-order valence-electron chi connectivity index (χ0n) is 15.8. The van der Waals surface area contributed by atoms with Crippen LogP contribution in [0.1, 0.15) is 17.0 Å². The molecule has 0 aromatic carbocycles. The lowest BCUT2D eigenvalue weighted by Crippen LogP contribution is -2.29. The Morgan fingerprint density at radius 1 is 1.43 bits per heavy atom. The highest BCUT2D eigenvalue weighted by molar-refractivity contribution is 7.16. The molecule has 2 N–H and O–H groups in total. The summed E-state index contributed by atoms with van der Waals surface area (Å²) in [5.74, 6) is 0.817. The number of anilines is 1. The molecule has 0 saturated carbocycles. The van der Waals surface area contributed by atoms with Gasteiger partial charge in [-0.15, -0.1) is 11.3 Å². The minimum atomic E-state index is -0.758. The molecule has 0 aliphatic carbocycles. The molecule has 0 bridgehead atoms. The van der Waals surface area contributed by atoms with E-state index in [-0.39, 0.29) is 0 Å². The molecular formula is C20H23FN6S. The van der Waals surface area contributed by atoms with Crippen molar-refractivity contribution in [3.05, 3.63) is 47.4 Å². The molecule has 0 spiro atoms. The van der Waals surface area contributed by atoms with Crippen molar-refractivity contribution < 1.29 is 4.39 Å². The number of thiazole rings is 1. The van der Waals surface area contributed by atoms with Crippen molar-refractivity contribution in [2.45, 2.75) is 19.0 Å². The van der Waals surface area contributed by atoms with Gasteiger partial charge in [-0.2, -0.15) is 0 Å². The van der Waals surface area contributed by atoms with Gasteiger partial charge in [-0.3, -0.25) is 4.99 Å². The minimum Gasteiger partial charge on any atom is -0.403 e. The molecule has 28 heavy (non-hydrogen) atoms. The summed E-state index contributed by atoms with van der Waals surface area (Å²) in [4.78, 5) is 18.5. The van der Waals surface area contributed by atoms with Gasteiger partial charge < -0.3 is 15.5 Å². The first kappa shape index (κ1) is 18.6. The lowest BCUT2D eigenvalue weighted by atomic mass is 10.1.